The Hall–Kier alpha value is -2.36. The van der Waals surface area contributed by atoms with Crippen LogP contribution in [0.3, 0.4) is 0 Å². The first-order chi connectivity index (χ1) is 13.5. The molecule has 4 unspecified atom stereocenters. The number of aromatic nitrogens is 1. The normalized spacial score (nSPS) is 25.4. The fraction of sp³-hybridized carbons (Fsp3) is 0.500. The summed E-state index contributed by atoms with van der Waals surface area (Å²) in [4.78, 5) is 17.1. The number of carbonyl (C=O) groups is 1. The van der Waals surface area contributed by atoms with Gasteiger partial charge in [0.2, 0.25) is 5.88 Å². The van der Waals surface area contributed by atoms with Crippen molar-refractivity contribution >= 4 is 5.91 Å². The molecule has 1 aromatic heterocycles. The smallest absolute Gasteiger partial charge is 0.253 e. The Labute approximate surface area is 168 Å². The molecule has 1 fully saturated rings. The van der Waals surface area contributed by atoms with Crippen LogP contribution in [-0.2, 0) is 6.61 Å². The van der Waals surface area contributed by atoms with Crippen molar-refractivity contribution in [1.29, 1.82) is 0 Å². The van der Waals surface area contributed by atoms with Crippen LogP contribution in [-0.4, -0.2) is 16.9 Å². The number of amides is 1. The molecule has 1 aromatic carbocycles. The molecule has 0 saturated heterocycles. The number of carbonyl (C=O) groups excluding carboxylic acids is 1. The summed E-state index contributed by atoms with van der Waals surface area (Å²) >= 11 is 0. The number of hydrogen-bond donors (Lipinski definition) is 1. The highest BCUT2D eigenvalue weighted by molar-refractivity contribution is 5.94. The molecule has 1 amide bonds. The Bertz CT molecular complexity index is 745. The van der Waals surface area contributed by atoms with Crippen LogP contribution in [0.25, 0.3) is 0 Å². The minimum absolute atomic E-state index is 0.0426. The summed E-state index contributed by atoms with van der Waals surface area (Å²) in [5.41, 5.74) is 1.68. The summed E-state index contributed by atoms with van der Waals surface area (Å²) in [6.45, 7) is 7.32. The summed E-state index contributed by atoms with van der Waals surface area (Å²) in [7, 11) is 0. The first kappa shape index (κ1) is 20.4. The third-order valence-corrected chi connectivity index (χ3v) is 5.88. The highest BCUT2D eigenvalue weighted by Gasteiger charge is 2.28. The Kier molecular flexibility index (Phi) is 7.07. The van der Waals surface area contributed by atoms with Crippen LogP contribution in [0, 0.1) is 17.8 Å². The van der Waals surface area contributed by atoms with E-state index in [0.29, 0.717) is 29.9 Å². The molecule has 0 radical (unpaired) electrons. The lowest BCUT2D eigenvalue weighted by Crippen LogP contribution is -2.45. The predicted octanol–water partition coefficient (Wildman–Crippen LogP) is 5.24. The van der Waals surface area contributed by atoms with Crippen molar-refractivity contribution in [1.82, 2.24) is 10.3 Å². The highest BCUT2D eigenvalue weighted by atomic mass is 16.5. The van der Waals surface area contributed by atoms with E-state index < -0.39 is 0 Å². The Balaban J connectivity index is 1.58. The lowest BCUT2D eigenvalue weighted by Gasteiger charge is -2.34. The second-order valence-corrected chi connectivity index (χ2v) is 8.38. The Morgan fingerprint density at radius 2 is 1.86 bits per heavy atom. The average molecular weight is 381 g/mol. The van der Waals surface area contributed by atoms with Gasteiger partial charge in [-0.25, -0.2) is 4.98 Å². The largest absolute Gasteiger partial charge is 0.473 e. The van der Waals surface area contributed by atoms with E-state index >= 15 is 0 Å². The summed E-state index contributed by atoms with van der Waals surface area (Å²) in [5.74, 6) is 2.19. The van der Waals surface area contributed by atoms with Gasteiger partial charge in [0.05, 0.1) is 5.56 Å². The fourth-order valence-electron chi connectivity index (χ4n) is 4.28. The summed E-state index contributed by atoms with van der Waals surface area (Å²) in [6.07, 6.45) is 6.49. The maximum absolute atomic E-state index is 12.8. The van der Waals surface area contributed by atoms with Gasteiger partial charge in [-0.15, -0.1) is 0 Å². The van der Waals surface area contributed by atoms with Crippen molar-refractivity contribution in [3.8, 4) is 5.88 Å². The standard InChI is InChI=1S/C24H32N2O2/c1-17-8-7-9-18(2)23(19(3)14-17)26-24(27)21-12-13-22(25-15-21)28-16-20-10-5-4-6-11-20/h4-6,10-13,15,17-19,23H,7-9,14,16H2,1-3H3,(H,26,27). The van der Waals surface area contributed by atoms with E-state index in [1.807, 2.05) is 30.3 Å². The molecule has 1 saturated carbocycles. The molecule has 28 heavy (non-hydrogen) atoms. The summed E-state index contributed by atoms with van der Waals surface area (Å²) in [6, 6.07) is 13.8. The number of pyridine rings is 1. The number of rotatable bonds is 5. The van der Waals surface area contributed by atoms with Crippen molar-refractivity contribution in [2.45, 2.75) is 59.1 Å². The number of hydrogen-bond acceptors (Lipinski definition) is 3. The Morgan fingerprint density at radius 1 is 1.07 bits per heavy atom. The maximum atomic E-state index is 12.8. The van der Waals surface area contributed by atoms with E-state index in [4.69, 9.17) is 4.74 Å². The molecule has 0 bridgehead atoms. The quantitative estimate of drug-likeness (QED) is 0.771. The lowest BCUT2D eigenvalue weighted by atomic mass is 9.78. The highest BCUT2D eigenvalue weighted by Crippen LogP contribution is 2.30. The second kappa shape index (κ2) is 9.72. The molecule has 1 aliphatic carbocycles. The van der Waals surface area contributed by atoms with E-state index in [2.05, 4.69) is 31.1 Å². The first-order valence-corrected chi connectivity index (χ1v) is 10.5. The van der Waals surface area contributed by atoms with E-state index in [-0.39, 0.29) is 11.9 Å². The summed E-state index contributed by atoms with van der Waals surface area (Å²) in [5, 5.41) is 3.28. The third-order valence-electron chi connectivity index (χ3n) is 5.88. The van der Waals surface area contributed by atoms with Crippen molar-refractivity contribution < 1.29 is 9.53 Å². The van der Waals surface area contributed by atoms with Gasteiger partial charge in [0.25, 0.3) is 5.91 Å². The van der Waals surface area contributed by atoms with Gasteiger partial charge < -0.3 is 10.1 Å². The number of benzene rings is 1. The monoisotopic (exact) mass is 380 g/mol. The SMILES string of the molecule is CC1CCCC(C)C(NC(=O)c2ccc(OCc3ccccc3)nc2)C(C)C1. The number of nitrogens with one attached hydrogen (secondary N) is 1. The second-order valence-electron chi connectivity index (χ2n) is 8.38. The Morgan fingerprint density at radius 3 is 2.57 bits per heavy atom. The molecular formula is C24H32N2O2. The predicted molar refractivity (Wildman–Crippen MR) is 112 cm³/mol. The van der Waals surface area contributed by atoms with Crippen LogP contribution in [0.4, 0.5) is 0 Å². The van der Waals surface area contributed by atoms with Gasteiger partial charge in [0.1, 0.15) is 6.61 Å². The fourth-order valence-corrected chi connectivity index (χ4v) is 4.28. The van der Waals surface area contributed by atoms with Gasteiger partial charge in [0.15, 0.2) is 0 Å². The van der Waals surface area contributed by atoms with Crippen LogP contribution in [0.5, 0.6) is 5.88 Å². The van der Waals surface area contributed by atoms with Crippen molar-refractivity contribution in [3.63, 3.8) is 0 Å². The third kappa shape index (κ3) is 5.57. The lowest BCUT2D eigenvalue weighted by molar-refractivity contribution is 0.0884. The molecule has 1 N–H and O–H groups in total. The van der Waals surface area contributed by atoms with E-state index in [1.165, 1.54) is 25.7 Å². The maximum Gasteiger partial charge on any atom is 0.253 e. The van der Waals surface area contributed by atoms with Crippen LogP contribution in [0.2, 0.25) is 0 Å². The molecule has 4 atom stereocenters. The average Bonchev–Trinajstić information content (AvgIpc) is 2.70. The van der Waals surface area contributed by atoms with Gasteiger partial charge in [-0.3, -0.25) is 4.79 Å². The zero-order chi connectivity index (χ0) is 19.9. The van der Waals surface area contributed by atoms with Crippen LogP contribution in [0.15, 0.2) is 48.7 Å². The van der Waals surface area contributed by atoms with Gasteiger partial charge in [0, 0.05) is 18.3 Å². The first-order valence-electron chi connectivity index (χ1n) is 10.5. The molecule has 1 heterocycles. The van der Waals surface area contributed by atoms with Gasteiger partial charge in [-0.05, 0) is 42.2 Å². The van der Waals surface area contributed by atoms with Gasteiger partial charge >= 0.3 is 0 Å². The van der Waals surface area contributed by atoms with Crippen molar-refractivity contribution in [2.75, 3.05) is 0 Å². The van der Waals surface area contributed by atoms with Gasteiger partial charge in [-0.1, -0.05) is 63.9 Å². The van der Waals surface area contributed by atoms with Crippen LogP contribution in [0.1, 0.15) is 62.4 Å². The zero-order valence-corrected chi connectivity index (χ0v) is 17.2. The van der Waals surface area contributed by atoms with Crippen LogP contribution >= 0.6 is 0 Å². The number of ether oxygens (including phenoxy) is 1. The van der Waals surface area contributed by atoms with Crippen molar-refractivity contribution in [3.05, 3.63) is 59.8 Å². The molecule has 1 aliphatic rings. The van der Waals surface area contributed by atoms with Gasteiger partial charge in [-0.2, -0.15) is 0 Å². The molecule has 4 nitrogen and oxygen atoms in total. The van der Waals surface area contributed by atoms with E-state index in [0.717, 1.165) is 11.5 Å². The molecule has 0 spiro atoms. The number of nitrogens with zero attached hydrogens (tertiary/aromatic N) is 1. The molecule has 4 heteroatoms. The zero-order valence-electron chi connectivity index (χ0n) is 17.2. The van der Waals surface area contributed by atoms with E-state index in [9.17, 15) is 4.79 Å². The minimum atomic E-state index is -0.0426. The van der Waals surface area contributed by atoms with E-state index in [1.54, 1.807) is 18.3 Å². The molecule has 2 aromatic rings. The topological polar surface area (TPSA) is 51.2 Å². The summed E-state index contributed by atoms with van der Waals surface area (Å²) < 4.78 is 5.71. The van der Waals surface area contributed by atoms with Crippen LogP contribution < -0.4 is 10.1 Å². The molecule has 150 valence electrons. The van der Waals surface area contributed by atoms with Crippen molar-refractivity contribution in [2.24, 2.45) is 17.8 Å². The molecular weight excluding hydrogens is 348 g/mol. The molecule has 0 aliphatic heterocycles. The molecule has 3 rings (SSSR count). The minimum Gasteiger partial charge on any atom is -0.473 e.